The molecule has 4 atom stereocenters. The van der Waals surface area contributed by atoms with Crippen molar-refractivity contribution in [2.45, 2.75) is 26.4 Å². The van der Waals surface area contributed by atoms with Gasteiger partial charge in [-0.05, 0) is 82.9 Å². The average molecular weight is 544 g/mol. The maximum absolute atomic E-state index is 13.0. The minimum absolute atomic E-state index is 0.141. The zero-order chi connectivity index (χ0) is 23.8. The molecule has 1 saturated heterocycles. The third-order valence-corrected chi connectivity index (χ3v) is 7.53. The number of halogens is 2. The van der Waals surface area contributed by atoms with Gasteiger partial charge in [0.1, 0.15) is 6.61 Å². The molecule has 0 aromatic heterocycles. The second-order valence-electron chi connectivity index (χ2n) is 8.75. The van der Waals surface area contributed by atoms with Crippen molar-refractivity contribution in [1.82, 2.24) is 5.01 Å². The van der Waals surface area contributed by atoms with Crippen molar-refractivity contribution in [3.8, 4) is 11.5 Å². The van der Waals surface area contributed by atoms with E-state index in [0.717, 1.165) is 23.4 Å². The van der Waals surface area contributed by atoms with E-state index < -0.39 is 0 Å². The molecule has 2 fully saturated rings. The molecule has 176 valence electrons. The quantitative estimate of drug-likeness (QED) is 0.259. The Bertz CT molecular complexity index is 1150. The van der Waals surface area contributed by atoms with Crippen LogP contribution in [-0.2, 0) is 16.2 Å². The first-order chi connectivity index (χ1) is 16.5. The zero-order valence-corrected chi connectivity index (χ0v) is 21.0. The molecule has 4 aliphatic rings. The van der Waals surface area contributed by atoms with Crippen LogP contribution in [-0.4, -0.2) is 29.6 Å². The topological polar surface area (TPSA) is 68.2 Å². The van der Waals surface area contributed by atoms with E-state index in [9.17, 15) is 9.59 Å². The van der Waals surface area contributed by atoms with Gasteiger partial charge in [-0.15, -0.1) is 0 Å². The normalized spacial score (nSPS) is 25.3. The van der Waals surface area contributed by atoms with E-state index in [1.807, 2.05) is 37.3 Å². The average Bonchev–Trinajstić information content (AvgIpc) is 3.11. The monoisotopic (exact) mass is 542 g/mol. The van der Waals surface area contributed by atoms with Gasteiger partial charge >= 0.3 is 0 Å². The van der Waals surface area contributed by atoms with Crippen LogP contribution in [0.5, 0.6) is 11.5 Å². The van der Waals surface area contributed by atoms with Crippen molar-refractivity contribution >= 4 is 45.6 Å². The third kappa shape index (κ3) is 4.27. The summed E-state index contributed by atoms with van der Waals surface area (Å²) in [5, 5.41) is 6.03. The van der Waals surface area contributed by atoms with Crippen molar-refractivity contribution in [2.24, 2.45) is 28.8 Å². The van der Waals surface area contributed by atoms with Gasteiger partial charge in [-0.25, -0.2) is 0 Å². The Morgan fingerprint density at radius 1 is 1.06 bits per heavy atom. The Balaban J connectivity index is 1.35. The van der Waals surface area contributed by atoms with Crippen LogP contribution < -0.4 is 9.47 Å². The Morgan fingerprint density at radius 3 is 2.29 bits per heavy atom. The van der Waals surface area contributed by atoms with E-state index in [2.05, 4.69) is 33.2 Å². The largest absolute Gasteiger partial charge is 0.490 e. The van der Waals surface area contributed by atoms with Gasteiger partial charge in [0.05, 0.1) is 29.1 Å². The first-order valence-electron chi connectivity index (χ1n) is 11.4. The summed E-state index contributed by atoms with van der Waals surface area (Å²) in [4.78, 5) is 26.0. The second kappa shape index (κ2) is 9.55. The van der Waals surface area contributed by atoms with Crippen molar-refractivity contribution < 1.29 is 19.1 Å². The van der Waals surface area contributed by atoms with Gasteiger partial charge in [-0.2, -0.15) is 10.1 Å². The molecular weight excluding hydrogens is 520 g/mol. The van der Waals surface area contributed by atoms with Crippen LogP contribution >= 0.6 is 27.5 Å². The van der Waals surface area contributed by atoms with Gasteiger partial charge in [0.2, 0.25) is 0 Å². The molecule has 2 aromatic rings. The van der Waals surface area contributed by atoms with Gasteiger partial charge in [-0.1, -0.05) is 35.9 Å². The number of allylic oxidation sites excluding steroid dienone is 2. The van der Waals surface area contributed by atoms with Gasteiger partial charge in [0, 0.05) is 5.02 Å². The summed E-state index contributed by atoms with van der Waals surface area (Å²) in [6.07, 6.45) is 7.64. The SMILES string of the molecule is CCOc1cc(/C=N\N2C(=O)[C@@H]3[C@H](C2=O)[C@H]2C=C[C@H]3CC2)cc(Br)c1OCc1ccc(Cl)cc1. The van der Waals surface area contributed by atoms with Gasteiger partial charge < -0.3 is 9.47 Å². The highest BCUT2D eigenvalue weighted by molar-refractivity contribution is 9.10. The molecule has 1 aliphatic heterocycles. The van der Waals surface area contributed by atoms with Crippen LogP contribution in [0.3, 0.4) is 0 Å². The molecular formula is C26H24BrClN2O4. The van der Waals surface area contributed by atoms with Crippen LogP contribution in [0.4, 0.5) is 0 Å². The van der Waals surface area contributed by atoms with Gasteiger partial charge in [0.15, 0.2) is 11.5 Å². The number of hydrogen-bond acceptors (Lipinski definition) is 5. The summed E-state index contributed by atoms with van der Waals surface area (Å²) in [6, 6.07) is 11.1. The lowest BCUT2D eigenvalue weighted by Crippen LogP contribution is -2.38. The lowest BCUT2D eigenvalue weighted by atomic mass is 9.63. The molecule has 0 radical (unpaired) electrons. The van der Waals surface area contributed by atoms with Crippen LogP contribution in [0.25, 0.3) is 0 Å². The van der Waals surface area contributed by atoms with Crippen LogP contribution in [0.2, 0.25) is 5.02 Å². The van der Waals surface area contributed by atoms with Gasteiger partial charge in [0.25, 0.3) is 11.8 Å². The minimum atomic E-state index is -0.275. The number of amides is 2. The van der Waals surface area contributed by atoms with Crippen LogP contribution in [0.1, 0.15) is 30.9 Å². The standard InChI is InChI=1S/C26H24BrClN2O4/c1-2-33-21-12-16(11-20(27)24(21)34-14-15-3-9-19(28)10-4-15)13-29-30-25(31)22-17-5-6-18(8-7-17)23(22)26(30)32/h3-6,9-13,17-18,22-23H,2,7-8,14H2,1H3/b29-13-/t17-,18-,22-,23+/m0/s1. The first kappa shape index (κ1) is 23.1. The number of carbonyl (C=O) groups is 2. The van der Waals surface area contributed by atoms with Gasteiger partial charge in [-0.3, -0.25) is 9.59 Å². The maximum atomic E-state index is 13.0. The van der Waals surface area contributed by atoms with E-state index in [4.69, 9.17) is 21.1 Å². The van der Waals surface area contributed by atoms with Crippen molar-refractivity contribution in [3.05, 3.63) is 69.2 Å². The minimum Gasteiger partial charge on any atom is -0.490 e. The van der Waals surface area contributed by atoms with E-state index >= 15 is 0 Å². The van der Waals surface area contributed by atoms with Crippen molar-refractivity contribution in [1.29, 1.82) is 0 Å². The number of benzene rings is 2. The number of nitrogens with zero attached hydrogens (tertiary/aromatic N) is 2. The van der Waals surface area contributed by atoms with Crippen molar-refractivity contribution in [2.75, 3.05) is 6.61 Å². The summed E-state index contributed by atoms with van der Waals surface area (Å²) in [7, 11) is 0. The number of hydrazone groups is 1. The highest BCUT2D eigenvalue weighted by atomic mass is 79.9. The Morgan fingerprint density at radius 2 is 1.71 bits per heavy atom. The molecule has 0 spiro atoms. The smallest absolute Gasteiger partial charge is 0.254 e. The molecule has 2 amide bonds. The number of fused-ring (bicyclic) bond motifs is 1. The van der Waals surface area contributed by atoms with E-state index in [0.29, 0.717) is 39.8 Å². The summed E-state index contributed by atoms with van der Waals surface area (Å²) >= 11 is 9.52. The summed E-state index contributed by atoms with van der Waals surface area (Å²) in [5.41, 5.74) is 1.66. The zero-order valence-electron chi connectivity index (χ0n) is 18.6. The second-order valence-corrected chi connectivity index (χ2v) is 10.0. The molecule has 2 aromatic carbocycles. The molecule has 1 heterocycles. The lowest BCUT2D eigenvalue weighted by Gasteiger charge is -2.37. The number of ether oxygens (including phenoxy) is 2. The predicted octanol–water partition coefficient (Wildman–Crippen LogP) is 5.61. The van der Waals surface area contributed by atoms with E-state index in [1.165, 1.54) is 6.21 Å². The predicted molar refractivity (Wildman–Crippen MR) is 133 cm³/mol. The van der Waals surface area contributed by atoms with E-state index in [1.54, 1.807) is 6.07 Å². The summed E-state index contributed by atoms with van der Waals surface area (Å²) in [6.45, 7) is 2.69. The fraction of sp³-hybridized carbons (Fsp3) is 0.346. The molecule has 6 rings (SSSR count). The molecule has 0 unspecified atom stereocenters. The maximum Gasteiger partial charge on any atom is 0.254 e. The van der Waals surface area contributed by atoms with Crippen LogP contribution in [0.15, 0.2) is 58.1 Å². The van der Waals surface area contributed by atoms with E-state index in [-0.39, 0.29) is 35.5 Å². The number of hydrogen-bond donors (Lipinski definition) is 0. The molecule has 3 aliphatic carbocycles. The highest BCUT2D eigenvalue weighted by Crippen LogP contribution is 2.49. The molecule has 8 heteroatoms. The summed E-state index contributed by atoms with van der Waals surface area (Å²) < 4.78 is 12.5. The molecule has 34 heavy (non-hydrogen) atoms. The highest BCUT2D eigenvalue weighted by Gasteiger charge is 2.56. The Kier molecular flexibility index (Phi) is 6.49. The molecule has 6 nitrogen and oxygen atoms in total. The fourth-order valence-corrected chi connectivity index (χ4v) is 5.80. The fourth-order valence-electron chi connectivity index (χ4n) is 5.10. The Hall–Kier alpha value is -2.64. The number of rotatable bonds is 7. The molecule has 2 bridgehead atoms. The number of imide groups is 1. The summed E-state index contributed by atoms with van der Waals surface area (Å²) in [5.74, 6) is 0.447. The third-order valence-electron chi connectivity index (χ3n) is 6.69. The molecule has 1 saturated carbocycles. The van der Waals surface area contributed by atoms with Crippen molar-refractivity contribution in [3.63, 3.8) is 0 Å². The number of carbonyl (C=O) groups excluding carboxylic acids is 2. The Labute approximate surface area is 211 Å². The lowest BCUT2D eigenvalue weighted by molar-refractivity contribution is -0.140. The van der Waals surface area contributed by atoms with Crippen LogP contribution in [0, 0.1) is 23.7 Å². The first-order valence-corrected chi connectivity index (χ1v) is 12.6. The molecule has 0 N–H and O–H groups in total.